The van der Waals surface area contributed by atoms with Crippen molar-refractivity contribution < 1.29 is 8.78 Å². The van der Waals surface area contributed by atoms with Crippen molar-refractivity contribution in [3.05, 3.63) is 68.2 Å². The molecule has 112 valence electrons. The molecule has 0 saturated heterocycles. The van der Waals surface area contributed by atoms with Crippen LogP contribution in [0, 0.1) is 11.6 Å². The van der Waals surface area contributed by atoms with E-state index in [-0.39, 0.29) is 5.02 Å². The number of hydrogen-bond donors (Lipinski definition) is 1. The van der Waals surface area contributed by atoms with Crippen LogP contribution in [0.1, 0.15) is 24.1 Å². The van der Waals surface area contributed by atoms with Gasteiger partial charge in [0, 0.05) is 15.1 Å². The largest absolute Gasteiger partial charge is 0.306 e. The molecule has 1 nitrogen and oxygen atoms in total. The molecule has 0 amide bonds. The maximum Gasteiger partial charge on any atom is 0.160 e. The molecule has 2 aromatic carbocycles. The van der Waals surface area contributed by atoms with E-state index in [0.717, 1.165) is 17.7 Å². The minimum Gasteiger partial charge on any atom is -0.306 e. The van der Waals surface area contributed by atoms with Crippen LogP contribution in [0.5, 0.6) is 0 Å². The normalized spacial score (nSPS) is 12.5. The van der Waals surface area contributed by atoms with Crippen molar-refractivity contribution in [2.75, 3.05) is 6.54 Å². The van der Waals surface area contributed by atoms with Crippen molar-refractivity contribution in [1.29, 1.82) is 0 Å². The third kappa shape index (κ3) is 3.86. The average Bonchev–Trinajstić information content (AvgIpc) is 2.39. The van der Waals surface area contributed by atoms with Crippen LogP contribution in [0.2, 0.25) is 15.1 Å². The molecule has 1 unspecified atom stereocenters. The third-order valence-electron chi connectivity index (χ3n) is 2.98. The van der Waals surface area contributed by atoms with E-state index in [9.17, 15) is 8.78 Å². The van der Waals surface area contributed by atoms with Gasteiger partial charge in [0.2, 0.25) is 0 Å². The summed E-state index contributed by atoms with van der Waals surface area (Å²) in [5.41, 5.74) is 1.15. The molecule has 0 bridgehead atoms. The Hall–Kier alpha value is -0.870. The van der Waals surface area contributed by atoms with Gasteiger partial charge in [-0.05, 0) is 48.0 Å². The minimum atomic E-state index is -0.983. The zero-order valence-electron chi connectivity index (χ0n) is 11.1. The second kappa shape index (κ2) is 6.93. The van der Waals surface area contributed by atoms with Gasteiger partial charge < -0.3 is 5.32 Å². The second-order valence-electron chi connectivity index (χ2n) is 4.48. The van der Waals surface area contributed by atoms with Gasteiger partial charge >= 0.3 is 0 Å². The van der Waals surface area contributed by atoms with Crippen molar-refractivity contribution >= 4 is 34.8 Å². The van der Waals surface area contributed by atoms with E-state index < -0.39 is 17.7 Å². The van der Waals surface area contributed by atoms with Gasteiger partial charge in [0.05, 0.1) is 6.04 Å². The molecule has 0 fully saturated rings. The van der Waals surface area contributed by atoms with E-state index in [2.05, 4.69) is 5.32 Å². The summed E-state index contributed by atoms with van der Waals surface area (Å²) in [6.07, 6.45) is 0. The van der Waals surface area contributed by atoms with Crippen molar-refractivity contribution in [3.8, 4) is 0 Å². The first kappa shape index (κ1) is 16.5. The maximum atomic E-state index is 13.5. The Kier molecular flexibility index (Phi) is 5.44. The van der Waals surface area contributed by atoms with Gasteiger partial charge in [0.1, 0.15) is 0 Å². The predicted octanol–water partition coefficient (Wildman–Crippen LogP) is 5.62. The lowest BCUT2D eigenvalue weighted by Gasteiger charge is -2.21. The molecule has 1 atom stereocenters. The average molecular weight is 351 g/mol. The Morgan fingerprint density at radius 3 is 2.10 bits per heavy atom. The third-order valence-corrected chi connectivity index (χ3v) is 3.74. The van der Waals surface area contributed by atoms with Crippen molar-refractivity contribution in [2.45, 2.75) is 13.0 Å². The van der Waals surface area contributed by atoms with Crippen LogP contribution in [-0.2, 0) is 0 Å². The van der Waals surface area contributed by atoms with E-state index in [4.69, 9.17) is 34.8 Å². The van der Waals surface area contributed by atoms with E-state index in [0.29, 0.717) is 22.2 Å². The molecule has 0 heterocycles. The molecule has 2 aromatic rings. The first-order valence-corrected chi connectivity index (χ1v) is 7.39. The molecule has 0 aliphatic carbocycles. The van der Waals surface area contributed by atoms with Crippen LogP contribution >= 0.6 is 34.8 Å². The summed E-state index contributed by atoms with van der Waals surface area (Å²) in [6.45, 7) is 2.50. The molecule has 21 heavy (non-hydrogen) atoms. The summed E-state index contributed by atoms with van der Waals surface area (Å²) < 4.78 is 26.7. The smallest absolute Gasteiger partial charge is 0.160 e. The fourth-order valence-corrected chi connectivity index (χ4v) is 2.91. The highest BCUT2D eigenvalue weighted by atomic mass is 35.5. The SMILES string of the molecule is CCNC(c1cc(Cl)cc(Cl)c1)c1cc(F)c(F)cc1Cl. The number of hydrogen-bond acceptors (Lipinski definition) is 1. The minimum absolute atomic E-state index is 0.135. The van der Waals surface area contributed by atoms with Crippen LogP contribution < -0.4 is 5.32 Å². The molecule has 6 heteroatoms. The number of nitrogens with one attached hydrogen (secondary N) is 1. The molecule has 0 aliphatic rings. The van der Waals surface area contributed by atoms with Crippen molar-refractivity contribution in [1.82, 2.24) is 5.32 Å². The van der Waals surface area contributed by atoms with Gasteiger partial charge in [0.15, 0.2) is 11.6 Å². The first-order chi connectivity index (χ1) is 9.92. The predicted molar refractivity (Wildman–Crippen MR) is 83.3 cm³/mol. The topological polar surface area (TPSA) is 12.0 Å². The molecule has 2 rings (SSSR count). The molecular weight excluding hydrogens is 339 g/mol. The molecule has 0 aromatic heterocycles. The number of benzene rings is 2. The van der Waals surface area contributed by atoms with Crippen LogP contribution in [0.25, 0.3) is 0 Å². The summed E-state index contributed by atoms with van der Waals surface area (Å²) in [6, 6.07) is 6.62. The summed E-state index contributed by atoms with van der Waals surface area (Å²) in [7, 11) is 0. The summed E-state index contributed by atoms with van der Waals surface area (Å²) in [4.78, 5) is 0. The molecule has 0 saturated carbocycles. The monoisotopic (exact) mass is 349 g/mol. The van der Waals surface area contributed by atoms with E-state index in [1.807, 2.05) is 6.92 Å². The molecular formula is C15H12Cl3F2N. The zero-order chi connectivity index (χ0) is 15.6. The van der Waals surface area contributed by atoms with Crippen molar-refractivity contribution in [2.24, 2.45) is 0 Å². The van der Waals surface area contributed by atoms with Crippen LogP contribution in [0.4, 0.5) is 8.78 Å². The lowest BCUT2D eigenvalue weighted by Crippen LogP contribution is -2.22. The van der Waals surface area contributed by atoms with Crippen LogP contribution in [-0.4, -0.2) is 6.54 Å². The Bertz CT molecular complexity index is 641. The second-order valence-corrected chi connectivity index (χ2v) is 5.76. The van der Waals surface area contributed by atoms with Gasteiger partial charge in [-0.1, -0.05) is 41.7 Å². The quantitative estimate of drug-likeness (QED) is 0.705. The molecule has 1 N–H and O–H groups in total. The van der Waals surface area contributed by atoms with Crippen molar-refractivity contribution in [3.63, 3.8) is 0 Å². The fraction of sp³-hybridized carbons (Fsp3) is 0.200. The Morgan fingerprint density at radius 2 is 1.52 bits per heavy atom. The first-order valence-electron chi connectivity index (χ1n) is 6.26. The van der Waals surface area contributed by atoms with Gasteiger partial charge in [-0.25, -0.2) is 8.78 Å². The highest BCUT2D eigenvalue weighted by molar-refractivity contribution is 6.34. The summed E-state index contributed by atoms with van der Waals surface area (Å²) in [5.74, 6) is -1.94. The Labute approximate surface area is 136 Å². The fourth-order valence-electron chi connectivity index (χ4n) is 2.11. The lowest BCUT2D eigenvalue weighted by molar-refractivity contribution is 0.504. The van der Waals surface area contributed by atoms with E-state index in [1.54, 1.807) is 18.2 Å². The Balaban J connectivity index is 2.55. The van der Waals surface area contributed by atoms with Gasteiger partial charge in [-0.2, -0.15) is 0 Å². The van der Waals surface area contributed by atoms with Gasteiger partial charge in [-0.3, -0.25) is 0 Å². The highest BCUT2D eigenvalue weighted by Gasteiger charge is 2.19. The highest BCUT2D eigenvalue weighted by Crippen LogP contribution is 2.32. The summed E-state index contributed by atoms with van der Waals surface area (Å²) in [5, 5.41) is 4.22. The summed E-state index contributed by atoms with van der Waals surface area (Å²) >= 11 is 18.0. The number of halogens is 5. The van der Waals surface area contributed by atoms with Gasteiger partial charge in [-0.15, -0.1) is 0 Å². The lowest BCUT2D eigenvalue weighted by atomic mass is 9.98. The maximum absolute atomic E-state index is 13.5. The Morgan fingerprint density at radius 1 is 0.952 bits per heavy atom. The zero-order valence-corrected chi connectivity index (χ0v) is 13.3. The molecule has 0 aliphatic heterocycles. The standard InChI is InChI=1S/C15H12Cl3F2N/c1-2-21-15(8-3-9(16)5-10(17)4-8)11-6-13(19)14(20)7-12(11)18/h3-7,15,21H,2H2,1H3. The van der Waals surface area contributed by atoms with Gasteiger partial charge in [0.25, 0.3) is 0 Å². The van der Waals surface area contributed by atoms with Crippen LogP contribution in [0.3, 0.4) is 0 Å². The molecule has 0 radical (unpaired) electrons. The molecule has 0 spiro atoms. The van der Waals surface area contributed by atoms with Crippen LogP contribution in [0.15, 0.2) is 30.3 Å². The van der Waals surface area contributed by atoms with E-state index >= 15 is 0 Å². The van der Waals surface area contributed by atoms with E-state index in [1.165, 1.54) is 0 Å². The number of rotatable bonds is 4.